The molecule has 0 unspecified atom stereocenters. The first-order valence-electron chi connectivity index (χ1n) is 5.66. The molecular formula is C13H17N3O. The third kappa shape index (κ3) is 2.25. The molecular weight excluding hydrogens is 214 g/mol. The average Bonchev–Trinajstić information content (AvgIpc) is 2.72. The smallest absolute Gasteiger partial charge is 0.157 e. The highest BCUT2D eigenvalue weighted by Crippen LogP contribution is 2.23. The summed E-state index contributed by atoms with van der Waals surface area (Å²) in [4.78, 5) is 0. The number of nitrogen functional groups attached to an aromatic ring is 1. The van der Waals surface area contributed by atoms with Crippen molar-refractivity contribution in [3.8, 4) is 11.4 Å². The molecule has 4 nitrogen and oxygen atoms in total. The van der Waals surface area contributed by atoms with Gasteiger partial charge in [-0.25, -0.2) is 4.68 Å². The molecule has 0 spiro atoms. The Morgan fingerprint density at radius 3 is 2.71 bits per heavy atom. The minimum Gasteiger partial charge on any atom is -0.491 e. The first kappa shape index (κ1) is 11.5. The topological polar surface area (TPSA) is 53.1 Å². The molecule has 2 aromatic rings. The van der Waals surface area contributed by atoms with Gasteiger partial charge in [0.15, 0.2) is 5.75 Å². The Bertz CT molecular complexity index is 531. The zero-order valence-electron chi connectivity index (χ0n) is 10.4. The minimum absolute atomic E-state index is 0.633. The Labute approximate surface area is 101 Å². The van der Waals surface area contributed by atoms with Crippen molar-refractivity contribution in [1.29, 1.82) is 0 Å². The van der Waals surface area contributed by atoms with Crippen LogP contribution in [0.2, 0.25) is 0 Å². The lowest BCUT2D eigenvalue weighted by molar-refractivity contribution is 0.340. The van der Waals surface area contributed by atoms with Crippen LogP contribution in [0.1, 0.15) is 18.1 Å². The molecule has 2 N–H and O–H groups in total. The first-order valence-corrected chi connectivity index (χ1v) is 5.66. The fraction of sp³-hybridized carbons (Fsp3) is 0.308. The second-order valence-corrected chi connectivity index (χ2v) is 4.05. The van der Waals surface area contributed by atoms with Gasteiger partial charge in [-0.15, -0.1) is 0 Å². The maximum atomic E-state index is 6.00. The van der Waals surface area contributed by atoms with Gasteiger partial charge in [0.25, 0.3) is 0 Å². The van der Waals surface area contributed by atoms with E-state index in [0.29, 0.717) is 6.61 Å². The zero-order chi connectivity index (χ0) is 12.4. The van der Waals surface area contributed by atoms with Crippen molar-refractivity contribution in [2.24, 2.45) is 0 Å². The number of anilines is 1. The predicted octanol–water partition coefficient (Wildman–Crippen LogP) is 2.47. The van der Waals surface area contributed by atoms with E-state index >= 15 is 0 Å². The van der Waals surface area contributed by atoms with Crippen molar-refractivity contribution in [3.05, 3.63) is 35.7 Å². The number of hydrogen-bond acceptors (Lipinski definition) is 3. The highest BCUT2D eigenvalue weighted by Gasteiger charge is 2.07. The predicted molar refractivity (Wildman–Crippen MR) is 68.6 cm³/mol. The van der Waals surface area contributed by atoms with Crippen molar-refractivity contribution >= 4 is 5.69 Å². The molecule has 0 bridgehead atoms. The zero-order valence-corrected chi connectivity index (χ0v) is 10.4. The summed E-state index contributed by atoms with van der Waals surface area (Å²) in [5.41, 5.74) is 9.99. The van der Waals surface area contributed by atoms with Crippen molar-refractivity contribution in [1.82, 2.24) is 9.78 Å². The van der Waals surface area contributed by atoms with Gasteiger partial charge in [-0.2, -0.15) is 5.10 Å². The summed E-state index contributed by atoms with van der Waals surface area (Å²) >= 11 is 0. The van der Waals surface area contributed by atoms with Gasteiger partial charge in [-0.05, 0) is 44.0 Å². The van der Waals surface area contributed by atoms with Crippen LogP contribution in [-0.2, 0) is 0 Å². The molecule has 0 atom stereocenters. The summed E-state index contributed by atoms with van der Waals surface area (Å²) in [6.45, 7) is 6.69. The van der Waals surface area contributed by atoms with Crippen LogP contribution in [0.15, 0.2) is 24.5 Å². The summed E-state index contributed by atoms with van der Waals surface area (Å²) in [6, 6.07) is 4.00. The second-order valence-electron chi connectivity index (χ2n) is 4.05. The fourth-order valence-electron chi connectivity index (χ4n) is 1.70. The maximum Gasteiger partial charge on any atom is 0.157 e. The van der Waals surface area contributed by atoms with Gasteiger partial charge in [0.05, 0.1) is 30.4 Å². The van der Waals surface area contributed by atoms with Gasteiger partial charge in [0, 0.05) is 0 Å². The molecule has 0 saturated carbocycles. The van der Waals surface area contributed by atoms with Crippen molar-refractivity contribution < 1.29 is 4.74 Å². The van der Waals surface area contributed by atoms with Crippen molar-refractivity contribution in [3.63, 3.8) is 0 Å². The van der Waals surface area contributed by atoms with E-state index in [1.165, 1.54) is 11.1 Å². The lowest BCUT2D eigenvalue weighted by atomic mass is 10.1. The number of rotatable bonds is 3. The molecule has 1 aromatic heterocycles. The van der Waals surface area contributed by atoms with Crippen LogP contribution in [0.25, 0.3) is 5.69 Å². The van der Waals surface area contributed by atoms with Gasteiger partial charge in [0.2, 0.25) is 0 Å². The Morgan fingerprint density at radius 2 is 2.00 bits per heavy atom. The number of aromatic nitrogens is 2. The van der Waals surface area contributed by atoms with E-state index in [-0.39, 0.29) is 0 Å². The monoisotopic (exact) mass is 231 g/mol. The SMILES string of the molecule is CCOc1cnn(-c2cc(C)c(C)cc2N)c1. The van der Waals surface area contributed by atoms with E-state index in [1.54, 1.807) is 10.9 Å². The van der Waals surface area contributed by atoms with E-state index in [9.17, 15) is 0 Å². The van der Waals surface area contributed by atoms with E-state index in [1.807, 2.05) is 32.2 Å². The largest absolute Gasteiger partial charge is 0.491 e. The summed E-state index contributed by atoms with van der Waals surface area (Å²) in [5.74, 6) is 0.755. The molecule has 2 rings (SSSR count). The Hall–Kier alpha value is -1.97. The highest BCUT2D eigenvalue weighted by molar-refractivity contribution is 5.61. The lowest BCUT2D eigenvalue weighted by Crippen LogP contribution is -2.01. The van der Waals surface area contributed by atoms with Crippen LogP contribution in [0.3, 0.4) is 0 Å². The molecule has 90 valence electrons. The number of nitrogens with two attached hydrogens (primary N) is 1. The van der Waals surface area contributed by atoms with E-state index in [0.717, 1.165) is 17.1 Å². The molecule has 0 aliphatic carbocycles. The quantitative estimate of drug-likeness (QED) is 0.825. The average molecular weight is 231 g/mol. The third-order valence-corrected chi connectivity index (χ3v) is 2.76. The first-order chi connectivity index (χ1) is 8.11. The van der Waals surface area contributed by atoms with Crippen LogP contribution in [-0.4, -0.2) is 16.4 Å². The van der Waals surface area contributed by atoms with Crippen LogP contribution in [0.4, 0.5) is 5.69 Å². The highest BCUT2D eigenvalue weighted by atomic mass is 16.5. The number of aryl methyl sites for hydroxylation is 2. The normalized spacial score (nSPS) is 10.5. The molecule has 1 aromatic carbocycles. The molecule has 0 radical (unpaired) electrons. The lowest BCUT2D eigenvalue weighted by Gasteiger charge is -2.09. The molecule has 0 aliphatic heterocycles. The van der Waals surface area contributed by atoms with Gasteiger partial charge >= 0.3 is 0 Å². The van der Waals surface area contributed by atoms with Gasteiger partial charge < -0.3 is 10.5 Å². The van der Waals surface area contributed by atoms with Gasteiger partial charge in [-0.3, -0.25) is 0 Å². The van der Waals surface area contributed by atoms with Crippen LogP contribution in [0, 0.1) is 13.8 Å². The standard InChI is InChI=1S/C13H17N3O/c1-4-17-11-7-15-16(8-11)13-6-10(3)9(2)5-12(13)14/h5-8H,4,14H2,1-3H3. The summed E-state index contributed by atoms with van der Waals surface area (Å²) < 4.78 is 7.12. The minimum atomic E-state index is 0.633. The van der Waals surface area contributed by atoms with Crippen molar-refractivity contribution in [2.75, 3.05) is 12.3 Å². The number of nitrogens with zero attached hydrogens (tertiary/aromatic N) is 2. The van der Waals surface area contributed by atoms with Crippen LogP contribution in [0.5, 0.6) is 5.75 Å². The molecule has 0 aliphatic rings. The molecule has 1 heterocycles. The molecule has 4 heteroatoms. The van der Waals surface area contributed by atoms with E-state index in [2.05, 4.69) is 12.0 Å². The number of hydrogen-bond donors (Lipinski definition) is 1. The molecule has 0 saturated heterocycles. The molecule has 0 fully saturated rings. The Kier molecular flexibility index (Phi) is 3.04. The maximum absolute atomic E-state index is 6.00. The Balaban J connectivity index is 2.41. The van der Waals surface area contributed by atoms with Gasteiger partial charge in [-0.1, -0.05) is 0 Å². The van der Waals surface area contributed by atoms with E-state index in [4.69, 9.17) is 10.5 Å². The van der Waals surface area contributed by atoms with Crippen LogP contribution < -0.4 is 10.5 Å². The third-order valence-electron chi connectivity index (χ3n) is 2.76. The summed E-state index contributed by atoms with van der Waals surface area (Å²) in [7, 11) is 0. The molecule has 0 amide bonds. The number of benzene rings is 1. The Morgan fingerprint density at radius 1 is 1.29 bits per heavy atom. The van der Waals surface area contributed by atoms with Gasteiger partial charge in [0.1, 0.15) is 0 Å². The second kappa shape index (κ2) is 4.49. The fourth-order valence-corrected chi connectivity index (χ4v) is 1.70. The van der Waals surface area contributed by atoms with E-state index < -0.39 is 0 Å². The summed E-state index contributed by atoms with van der Waals surface area (Å²) in [5, 5.41) is 4.25. The van der Waals surface area contributed by atoms with Crippen LogP contribution >= 0.6 is 0 Å². The van der Waals surface area contributed by atoms with Crippen molar-refractivity contribution in [2.45, 2.75) is 20.8 Å². The molecule has 17 heavy (non-hydrogen) atoms. The summed E-state index contributed by atoms with van der Waals surface area (Å²) in [6.07, 6.45) is 3.53. The number of ether oxygens (including phenoxy) is 1.